The predicted octanol–water partition coefficient (Wildman–Crippen LogP) is 1.77. The molecule has 0 heterocycles. The Hall–Kier alpha value is -2.05. The summed E-state index contributed by atoms with van der Waals surface area (Å²) < 4.78 is 29.8. The molecule has 0 aromatic heterocycles. The number of hydrogen-bond donors (Lipinski definition) is 1. The van der Waals surface area contributed by atoms with Gasteiger partial charge < -0.3 is 23.6 Å². The Morgan fingerprint density at radius 2 is 1.91 bits per heavy atom. The lowest BCUT2D eigenvalue weighted by Crippen LogP contribution is -2.16. The Balaban J connectivity index is 2.70. The minimum Gasteiger partial charge on any atom is -0.493 e. The first-order chi connectivity index (χ1) is 10.3. The molecule has 1 N–H and O–H groups in total. The predicted molar refractivity (Wildman–Crippen MR) is 76.1 cm³/mol. The Morgan fingerprint density at radius 1 is 1.23 bits per heavy atom. The van der Waals surface area contributed by atoms with Crippen LogP contribution < -0.4 is 9.26 Å². The van der Waals surface area contributed by atoms with E-state index in [-0.39, 0.29) is 23.0 Å². The lowest BCUT2D eigenvalue weighted by molar-refractivity contribution is -0.155. The van der Waals surface area contributed by atoms with Crippen LogP contribution in [0.1, 0.15) is 24.2 Å². The van der Waals surface area contributed by atoms with Gasteiger partial charge in [-0.25, -0.2) is 9.36 Å². The molecule has 22 heavy (non-hydrogen) atoms. The second-order valence-corrected chi connectivity index (χ2v) is 5.14. The van der Waals surface area contributed by atoms with E-state index in [4.69, 9.17) is 19.1 Å². The number of carbonyl (C=O) groups is 2. The highest BCUT2D eigenvalue weighted by Gasteiger charge is 2.15. The van der Waals surface area contributed by atoms with Crippen LogP contribution in [-0.4, -0.2) is 30.7 Å². The summed E-state index contributed by atoms with van der Waals surface area (Å²) in [6.45, 7) is 2.81. The van der Waals surface area contributed by atoms with Gasteiger partial charge in [0.15, 0.2) is 11.5 Å². The van der Waals surface area contributed by atoms with Gasteiger partial charge in [0.05, 0.1) is 18.6 Å². The zero-order valence-corrected chi connectivity index (χ0v) is 13.3. The fraction of sp³-hybridized carbons (Fsp3) is 0.385. The number of carbonyl (C=O) groups excluding carboxylic acids is 2. The van der Waals surface area contributed by atoms with Crippen molar-refractivity contribution in [3.63, 3.8) is 0 Å². The number of benzene rings is 1. The van der Waals surface area contributed by atoms with E-state index in [9.17, 15) is 14.2 Å². The van der Waals surface area contributed by atoms with Gasteiger partial charge in [-0.1, -0.05) is 13.8 Å². The minimum atomic E-state index is -3.19. The molecule has 0 amide bonds. The first-order valence-corrected chi connectivity index (χ1v) is 7.54. The van der Waals surface area contributed by atoms with E-state index in [1.165, 1.54) is 25.3 Å². The second kappa shape index (κ2) is 8.41. The molecule has 1 rings (SSSR count). The fourth-order valence-corrected chi connectivity index (χ4v) is 1.72. The van der Waals surface area contributed by atoms with Crippen LogP contribution in [-0.2, 0) is 18.8 Å². The molecule has 0 radical (unpaired) electrons. The summed E-state index contributed by atoms with van der Waals surface area (Å²) in [5.41, 5.74) is 0.113. The van der Waals surface area contributed by atoms with Gasteiger partial charge in [0, 0.05) is 0 Å². The van der Waals surface area contributed by atoms with Gasteiger partial charge in [0.1, 0.15) is 0 Å². The van der Waals surface area contributed by atoms with Crippen LogP contribution in [0.2, 0.25) is 0 Å². The highest BCUT2D eigenvalue weighted by atomic mass is 31.1. The number of ether oxygens (including phenoxy) is 3. The SMILES string of the molecule is COc1cc(C(=O)OCOC(=O)C(C)C)ccc1O[PH](=O)O. The topological polar surface area (TPSA) is 108 Å². The van der Waals surface area contributed by atoms with Crippen molar-refractivity contribution in [2.24, 2.45) is 5.92 Å². The van der Waals surface area contributed by atoms with Gasteiger partial charge in [0.25, 0.3) is 0 Å². The Kier molecular flexibility index (Phi) is 6.88. The molecule has 0 saturated heterocycles. The van der Waals surface area contributed by atoms with Gasteiger partial charge in [-0.15, -0.1) is 0 Å². The van der Waals surface area contributed by atoms with Gasteiger partial charge >= 0.3 is 20.2 Å². The summed E-state index contributed by atoms with van der Waals surface area (Å²) in [6, 6.07) is 3.91. The number of methoxy groups -OCH3 is 1. The van der Waals surface area contributed by atoms with E-state index < -0.39 is 27.0 Å². The average Bonchev–Trinajstić information content (AvgIpc) is 2.46. The summed E-state index contributed by atoms with van der Waals surface area (Å²) in [4.78, 5) is 31.7. The number of rotatable bonds is 7. The molecule has 1 aromatic carbocycles. The van der Waals surface area contributed by atoms with Crippen LogP contribution in [0.15, 0.2) is 18.2 Å². The largest absolute Gasteiger partial charge is 0.493 e. The van der Waals surface area contributed by atoms with Crippen molar-refractivity contribution in [2.45, 2.75) is 13.8 Å². The second-order valence-electron chi connectivity index (χ2n) is 4.40. The van der Waals surface area contributed by atoms with Crippen LogP contribution in [0.3, 0.4) is 0 Å². The van der Waals surface area contributed by atoms with Gasteiger partial charge in [-0.05, 0) is 18.2 Å². The zero-order chi connectivity index (χ0) is 16.7. The molecule has 0 aliphatic heterocycles. The van der Waals surface area contributed by atoms with Gasteiger partial charge in [0.2, 0.25) is 6.79 Å². The van der Waals surface area contributed by atoms with E-state index in [1.54, 1.807) is 13.8 Å². The third kappa shape index (κ3) is 5.38. The minimum absolute atomic E-state index is 0.0247. The van der Waals surface area contributed by atoms with Crippen molar-refractivity contribution in [3.8, 4) is 11.5 Å². The molecule has 0 bridgehead atoms. The van der Waals surface area contributed by atoms with E-state index in [1.807, 2.05) is 0 Å². The molecular formula is C13H17O8P. The van der Waals surface area contributed by atoms with Crippen molar-refractivity contribution >= 4 is 20.2 Å². The Bertz CT molecular complexity index is 569. The van der Waals surface area contributed by atoms with Crippen molar-refractivity contribution in [1.29, 1.82) is 0 Å². The van der Waals surface area contributed by atoms with Crippen LogP contribution in [0, 0.1) is 5.92 Å². The van der Waals surface area contributed by atoms with Crippen molar-refractivity contribution in [2.75, 3.05) is 13.9 Å². The number of hydrogen-bond acceptors (Lipinski definition) is 7. The summed E-state index contributed by atoms with van der Waals surface area (Å²) in [7, 11) is -1.87. The quantitative estimate of drug-likeness (QED) is 0.457. The summed E-state index contributed by atoms with van der Waals surface area (Å²) >= 11 is 0. The average molecular weight is 332 g/mol. The number of esters is 2. The highest BCUT2D eigenvalue weighted by molar-refractivity contribution is 7.32. The molecule has 0 saturated carbocycles. The smallest absolute Gasteiger partial charge is 0.365 e. The standard InChI is InChI=1S/C13H17O8P/c1-8(2)12(14)19-7-20-13(15)9-4-5-10(21-22(16)17)11(6-9)18-3/h4-6,8,22H,7H2,1-3H3,(H,16,17). The third-order valence-corrected chi connectivity index (χ3v) is 2.85. The molecule has 0 fully saturated rings. The van der Waals surface area contributed by atoms with Crippen molar-refractivity contribution in [1.82, 2.24) is 0 Å². The highest BCUT2D eigenvalue weighted by Crippen LogP contribution is 2.33. The molecule has 0 aliphatic rings. The van der Waals surface area contributed by atoms with Gasteiger partial charge in [-0.3, -0.25) is 4.79 Å². The van der Waals surface area contributed by atoms with E-state index in [0.29, 0.717) is 0 Å². The maximum Gasteiger partial charge on any atom is 0.365 e. The van der Waals surface area contributed by atoms with Crippen molar-refractivity contribution in [3.05, 3.63) is 23.8 Å². The maximum absolute atomic E-state index is 11.8. The monoisotopic (exact) mass is 332 g/mol. The molecule has 1 atom stereocenters. The Morgan fingerprint density at radius 3 is 2.45 bits per heavy atom. The van der Waals surface area contributed by atoms with Crippen LogP contribution in [0.5, 0.6) is 11.5 Å². The van der Waals surface area contributed by atoms with Crippen LogP contribution in [0.4, 0.5) is 0 Å². The first kappa shape index (κ1) is 18.0. The molecule has 1 unspecified atom stereocenters. The Labute approximate surface area is 127 Å². The maximum atomic E-state index is 11.8. The van der Waals surface area contributed by atoms with Crippen LogP contribution in [0.25, 0.3) is 0 Å². The molecule has 1 aromatic rings. The fourth-order valence-electron chi connectivity index (χ4n) is 1.36. The lowest BCUT2D eigenvalue weighted by Gasteiger charge is -2.11. The summed E-state index contributed by atoms with van der Waals surface area (Å²) in [5.74, 6) is -1.42. The third-order valence-electron chi connectivity index (χ3n) is 2.46. The first-order valence-electron chi connectivity index (χ1n) is 6.27. The normalized spacial score (nSPS) is 11.7. The van der Waals surface area contributed by atoms with Crippen LogP contribution >= 0.6 is 8.25 Å². The van der Waals surface area contributed by atoms with E-state index in [0.717, 1.165) is 0 Å². The molecular weight excluding hydrogens is 315 g/mol. The molecule has 122 valence electrons. The van der Waals surface area contributed by atoms with Gasteiger partial charge in [-0.2, -0.15) is 0 Å². The zero-order valence-electron chi connectivity index (χ0n) is 12.3. The molecule has 0 spiro atoms. The summed E-state index contributed by atoms with van der Waals surface area (Å²) in [5, 5.41) is 0. The molecule has 9 heteroatoms. The molecule has 8 nitrogen and oxygen atoms in total. The lowest BCUT2D eigenvalue weighted by atomic mass is 10.2. The molecule has 0 aliphatic carbocycles. The van der Waals surface area contributed by atoms with E-state index >= 15 is 0 Å². The van der Waals surface area contributed by atoms with E-state index in [2.05, 4.69) is 4.52 Å². The summed E-state index contributed by atoms with van der Waals surface area (Å²) in [6.07, 6.45) is 0. The van der Waals surface area contributed by atoms with Crippen molar-refractivity contribution < 1.29 is 37.8 Å².